The number of aliphatic carboxylic acids is 1. The first-order valence-electron chi connectivity index (χ1n) is 10.6. The third kappa shape index (κ3) is 3.87. The molecule has 1 fully saturated rings. The van der Waals surface area contributed by atoms with Crippen molar-refractivity contribution in [3.05, 3.63) is 59.7 Å². The Morgan fingerprint density at radius 2 is 1.65 bits per heavy atom. The number of alkyl carbamates (subject to hydrolysis) is 1. The van der Waals surface area contributed by atoms with Gasteiger partial charge in [-0.2, -0.15) is 0 Å². The quantitative estimate of drug-likeness (QED) is 0.713. The molecule has 31 heavy (non-hydrogen) atoms. The third-order valence-electron chi connectivity index (χ3n) is 6.30. The van der Waals surface area contributed by atoms with E-state index in [4.69, 9.17) is 9.84 Å². The van der Waals surface area contributed by atoms with E-state index in [9.17, 15) is 14.4 Å². The molecule has 0 radical (unpaired) electrons. The Bertz CT molecular complexity index is 969. The van der Waals surface area contributed by atoms with Gasteiger partial charge >= 0.3 is 12.1 Å². The highest BCUT2D eigenvalue weighted by molar-refractivity contribution is 5.92. The smallest absolute Gasteiger partial charge is 0.408 e. The second-order valence-corrected chi connectivity index (χ2v) is 8.10. The van der Waals surface area contributed by atoms with E-state index in [0.717, 1.165) is 28.7 Å². The summed E-state index contributed by atoms with van der Waals surface area (Å²) in [4.78, 5) is 37.9. The van der Waals surface area contributed by atoms with Gasteiger partial charge in [-0.05, 0) is 48.4 Å². The molecule has 162 valence electrons. The Hall–Kier alpha value is -3.35. The van der Waals surface area contributed by atoms with Crippen LogP contribution in [-0.2, 0) is 14.3 Å². The van der Waals surface area contributed by atoms with Crippen LogP contribution in [0.5, 0.6) is 0 Å². The number of carbonyl (C=O) groups excluding carboxylic acids is 2. The number of carboxylic acid groups (broad SMARTS) is 1. The number of ether oxygens (including phenoxy) is 1. The van der Waals surface area contributed by atoms with Crippen molar-refractivity contribution in [2.45, 2.75) is 37.6 Å². The highest BCUT2D eigenvalue weighted by Crippen LogP contribution is 2.44. The summed E-state index contributed by atoms with van der Waals surface area (Å²) in [6.07, 6.45) is 1.10. The number of hydrogen-bond donors (Lipinski definition) is 2. The normalized spacial score (nSPS) is 15.9. The van der Waals surface area contributed by atoms with Crippen molar-refractivity contribution in [3.63, 3.8) is 0 Å². The van der Waals surface area contributed by atoms with Gasteiger partial charge in [0.1, 0.15) is 18.7 Å². The molecule has 1 saturated carbocycles. The number of carboxylic acids is 1. The van der Waals surface area contributed by atoms with Gasteiger partial charge in [-0.3, -0.25) is 9.59 Å². The highest BCUT2D eigenvalue weighted by atomic mass is 16.5. The summed E-state index contributed by atoms with van der Waals surface area (Å²) in [5.41, 5.74) is 3.44. The number of carbonyl (C=O) groups is 3. The molecule has 7 heteroatoms. The SMILES string of the molecule is CCN(CC(=O)O)C(=O)C1(NC(=O)OCC2c3ccccc3-c3ccccc32)CCC1. The van der Waals surface area contributed by atoms with Crippen LogP contribution >= 0.6 is 0 Å². The second kappa shape index (κ2) is 8.41. The minimum Gasteiger partial charge on any atom is -0.480 e. The van der Waals surface area contributed by atoms with Crippen molar-refractivity contribution >= 4 is 18.0 Å². The predicted molar refractivity (Wildman–Crippen MR) is 115 cm³/mol. The van der Waals surface area contributed by atoms with E-state index < -0.39 is 17.6 Å². The van der Waals surface area contributed by atoms with Gasteiger partial charge in [0.05, 0.1) is 0 Å². The van der Waals surface area contributed by atoms with Crippen LogP contribution in [0.4, 0.5) is 4.79 Å². The fourth-order valence-corrected chi connectivity index (χ4v) is 4.55. The second-order valence-electron chi connectivity index (χ2n) is 8.10. The number of rotatable bonds is 7. The molecule has 2 aromatic carbocycles. The summed E-state index contributed by atoms with van der Waals surface area (Å²) < 4.78 is 5.58. The van der Waals surface area contributed by atoms with Gasteiger partial charge in [-0.1, -0.05) is 48.5 Å². The van der Waals surface area contributed by atoms with Crippen LogP contribution in [-0.4, -0.2) is 53.2 Å². The molecule has 2 aliphatic carbocycles. The maximum absolute atomic E-state index is 12.9. The van der Waals surface area contributed by atoms with Crippen molar-refractivity contribution < 1.29 is 24.2 Å². The number of hydrogen-bond acceptors (Lipinski definition) is 4. The Kier molecular flexibility index (Phi) is 5.67. The molecule has 0 heterocycles. The van der Waals surface area contributed by atoms with E-state index in [2.05, 4.69) is 17.4 Å². The van der Waals surface area contributed by atoms with E-state index in [1.54, 1.807) is 6.92 Å². The van der Waals surface area contributed by atoms with E-state index in [0.29, 0.717) is 12.8 Å². The molecule has 7 nitrogen and oxygen atoms in total. The Morgan fingerprint density at radius 1 is 1.06 bits per heavy atom. The van der Waals surface area contributed by atoms with Crippen LogP contribution in [0.2, 0.25) is 0 Å². The van der Waals surface area contributed by atoms with Gasteiger partial charge in [0.15, 0.2) is 0 Å². The number of nitrogens with zero attached hydrogens (tertiary/aromatic N) is 1. The molecule has 2 aromatic rings. The molecule has 0 bridgehead atoms. The van der Waals surface area contributed by atoms with Crippen molar-refractivity contribution in [1.29, 1.82) is 0 Å². The molecule has 0 saturated heterocycles. The average Bonchev–Trinajstić information content (AvgIpc) is 3.06. The Balaban J connectivity index is 1.45. The van der Waals surface area contributed by atoms with Crippen LogP contribution in [0.25, 0.3) is 11.1 Å². The summed E-state index contributed by atoms with van der Waals surface area (Å²) in [5, 5.41) is 11.8. The monoisotopic (exact) mass is 422 g/mol. The molecule has 2 aliphatic rings. The fourth-order valence-electron chi connectivity index (χ4n) is 4.55. The highest BCUT2D eigenvalue weighted by Gasteiger charge is 2.48. The average molecular weight is 422 g/mol. The number of nitrogens with one attached hydrogen (secondary N) is 1. The molecule has 0 aliphatic heterocycles. The first-order valence-corrected chi connectivity index (χ1v) is 10.6. The first kappa shape index (κ1) is 20.9. The summed E-state index contributed by atoms with van der Waals surface area (Å²) in [5.74, 6) is -1.51. The molecule has 0 unspecified atom stereocenters. The van der Waals surface area contributed by atoms with E-state index in [1.165, 1.54) is 4.90 Å². The minimum atomic E-state index is -1.08. The molecular formula is C24H26N2O5. The molecule has 0 aromatic heterocycles. The van der Waals surface area contributed by atoms with Crippen LogP contribution < -0.4 is 5.32 Å². The lowest BCUT2D eigenvalue weighted by atomic mass is 9.75. The van der Waals surface area contributed by atoms with Crippen LogP contribution in [0.3, 0.4) is 0 Å². The minimum absolute atomic E-state index is 0.0645. The topological polar surface area (TPSA) is 95.9 Å². The van der Waals surface area contributed by atoms with Gasteiger partial charge in [0.2, 0.25) is 5.91 Å². The largest absolute Gasteiger partial charge is 0.480 e. The lowest BCUT2D eigenvalue weighted by molar-refractivity contribution is -0.149. The molecule has 0 spiro atoms. The summed E-state index contributed by atoms with van der Waals surface area (Å²) >= 11 is 0. The van der Waals surface area contributed by atoms with E-state index >= 15 is 0 Å². The summed E-state index contributed by atoms with van der Waals surface area (Å²) in [6.45, 7) is 1.76. The molecule has 4 rings (SSSR count). The van der Waals surface area contributed by atoms with Gasteiger partial charge in [-0.15, -0.1) is 0 Å². The molecule has 2 N–H and O–H groups in total. The van der Waals surface area contributed by atoms with Crippen molar-refractivity contribution in [1.82, 2.24) is 10.2 Å². The lowest BCUT2D eigenvalue weighted by Gasteiger charge is -2.43. The summed E-state index contributed by atoms with van der Waals surface area (Å²) in [6, 6.07) is 16.2. The Labute approximate surface area is 181 Å². The van der Waals surface area contributed by atoms with Gasteiger partial charge in [0, 0.05) is 12.5 Å². The first-order chi connectivity index (χ1) is 14.9. The third-order valence-corrected chi connectivity index (χ3v) is 6.30. The van der Waals surface area contributed by atoms with Crippen molar-refractivity contribution in [2.24, 2.45) is 0 Å². The zero-order chi connectivity index (χ0) is 22.0. The number of amides is 2. The number of fused-ring (bicyclic) bond motifs is 3. The zero-order valence-corrected chi connectivity index (χ0v) is 17.5. The van der Waals surface area contributed by atoms with Crippen molar-refractivity contribution in [3.8, 4) is 11.1 Å². The summed E-state index contributed by atoms with van der Waals surface area (Å²) in [7, 11) is 0. The molecular weight excluding hydrogens is 396 g/mol. The van der Waals surface area contributed by atoms with Gasteiger partial charge < -0.3 is 20.1 Å². The number of benzene rings is 2. The lowest BCUT2D eigenvalue weighted by Crippen LogP contribution is -2.64. The van der Waals surface area contributed by atoms with Gasteiger partial charge in [-0.25, -0.2) is 4.79 Å². The fraction of sp³-hybridized carbons (Fsp3) is 0.375. The Morgan fingerprint density at radius 3 is 2.13 bits per heavy atom. The van der Waals surface area contributed by atoms with Crippen LogP contribution in [0.1, 0.15) is 43.2 Å². The van der Waals surface area contributed by atoms with E-state index in [1.807, 2.05) is 36.4 Å². The van der Waals surface area contributed by atoms with Gasteiger partial charge in [0.25, 0.3) is 0 Å². The molecule has 0 atom stereocenters. The standard InChI is InChI=1S/C24H26N2O5/c1-2-26(14-21(27)28)22(29)24(12-7-13-24)25-23(30)31-15-20-18-10-5-3-8-16(18)17-9-4-6-11-19(17)20/h3-6,8-11,20H,2,7,12-15H2,1H3,(H,25,30)(H,27,28). The maximum atomic E-state index is 12.9. The van der Waals surface area contributed by atoms with Crippen LogP contribution in [0.15, 0.2) is 48.5 Å². The van der Waals surface area contributed by atoms with Crippen molar-refractivity contribution in [2.75, 3.05) is 19.7 Å². The molecule has 2 amide bonds. The zero-order valence-electron chi connectivity index (χ0n) is 17.5. The predicted octanol–water partition coefficient (Wildman–Crippen LogP) is 3.38. The van der Waals surface area contributed by atoms with Crippen LogP contribution in [0, 0.1) is 0 Å². The number of likely N-dealkylation sites (N-methyl/N-ethyl adjacent to an activating group) is 1. The maximum Gasteiger partial charge on any atom is 0.408 e. The van der Waals surface area contributed by atoms with E-state index in [-0.39, 0.29) is 31.5 Å².